The molecule has 146 valence electrons. The zero-order valence-corrected chi connectivity index (χ0v) is 15.8. The van der Waals surface area contributed by atoms with Gasteiger partial charge >= 0.3 is 0 Å². The van der Waals surface area contributed by atoms with Gasteiger partial charge in [-0.2, -0.15) is 5.10 Å². The number of amides is 2. The molecule has 5 rings (SSSR count). The Balaban J connectivity index is 1.59. The molecule has 1 atom stereocenters. The Bertz CT molecular complexity index is 1130. The number of hydrogen-bond acceptors (Lipinski definition) is 4. The number of H-pyrrole nitrogens is 1. The van der Waals surface area contributed by atoms with Crippen LogP contribution in [0.25, 0.3) is 22.2 Å². The molecule has 7 heteroatoms. The quantitative estimate of drug-likeness (QED) is 0.556. The number of aromatic amines is 1. The van der Waals surface area contributed by atoms with Crippen LogP contribution in [-0.2, 0) is 4.79 Å². The number of hydrazone groups is 1. The minimum Gasteiger partial charge on any atom is -0.354 e. The van der Waals surface area contributed by atoms with E-state index in [1.807, 2.05) is 36.4 Å². The van der Waals surface area contributed by atoms with Gasteiger partial charge in [-0.1, -0.05) is 36.8 Å². The number of aromatic nitrogens is 1. The minimum absolute atomic E-state index is 0.0726. The monoisotopic (exact) mass is 387 g/mol. The summed E-state index contributed by atoms with van der Waals surface area (Å²) in [5.41, 5.74) is 7.16. The number of piperidine rings is 1. The van der Waals surface area contributed by atoms with Crippen molar-refractivity contribution in [3.63, 3.8) is 0 Å². The second-order valence-corrected chi connectivity index (χ2v) is 7.42. The Labute approximate surface area is 167 Å². The molecule has 2 aromatic carbocycles. The lowest BCUT2D eigenvalue weighted by Gasteiger charge is -2.22. The number of rotatable bonds is 3. The molecule has 29 heavy (non-hydrogen) atoms. The van der Waals surface area contributed by atoms with Crippen LogP contribution in [0, 0.1) is 0 Å². The van der Waals surface area contributed by atoms with Gasteiger partial charge in [-0.25, -0.2) is 5.43 Å². The molecular weight excluding hydrogens is 366 g/mol. The first-order valence-corrected chi connectivity index (χ1v) is 9.83. The summed E-state index contributed by atoms with van der Waals surface area (Å²) in [6, 6.07) is 13.3. The molecule has 3 heterocycles. The highest BCUT2D eigenvalue weighted by Crippen LogP contribution is 2.34. The molecule has 0 bridgehead atoms. The maximum Gasteiger partial charge on any atom is 0.272 e. The van der Waals surface area contributed by atoms with E-state index in [2.05, 4.69) is 26.1 Å². The smallest absolute Gasteiger partial charge is 0.272 e. The van der Waals surface area contributed by atoms with Gasteiger partial charge in [0, 0.05) is 22.2 Å². The summed E-state index contributed by atoms with van der Waals surface area (Å²) in [6.07, 6.45) is 4.61. The van der Waals surface area contributed by atoms with Gasteiger partial charge in [0.05, 0.1) is 23.5 Å². The summed E-state index contributed by atoms with van der Waals surface area (Å²) in [6.45, 7) is 0.850. The molecule has 1 saturated heterocycles. The fourth-order valence-electron chi connectivity index (χ4n) is 4.09. The predicted octanol–water partition coefficient (Wildman–Crippen LogP) is 2.99. The van der Waals surface area contributed by atoms with Crippen molar-refractivity contribution in [2.45, 2.75) is 25.3 Å². The third kappa shape index (κ3) is 3.19. The highest BCUT2D eigenvalue weighted by molar-refractivity contribution is 6.18. The summed E-state index contributed by atoms with van der Waals surface area (Å²) in [5, 5.41) is 11.1. The van der Waals surface area contributed by atoms with E-state index in [0.717, 1.165) is 53.5 Å². The van der Waals surface area contributed by atoms with Crippen molar-refractivity contribution in [1.29, 1.82) is 0 Å². The first-order valence-electron chi connectivity index (χ1n) is 9.83. The van der Waals surface area contributed by atoms with Crippen LogP contribution in [0.3, 0.4) is 0 Å². The standard InChI is InChI=1S/C22H21N5O2/c28-21-15-10-14(25-22(29)17-8-4-5-9-23-17)11-18-19(15)16(12-24-27-21)20(26-18)13-6-2-1-3-7-13/h1-3,6-7,10-12,17,23,26H,4-5,8-9H2,(H,25,29)(H,27,28). The van der Waals surface area contributed by atoms with Gasteiger partial charge in [-0.05, 0) is 37.1 Å². The van der Waals surface area contributed by atoms with Gasteiger partial charge in [0.1, 0.15) is 0 Å². The fourth-order valence-corrected chi connectivity index (χ4v) is 4.09. The molecule has 1 unspecified atom stereocenters. The van der Waals surface area contributed by atoms with E-state index < -0.39 is 0 Å². The first-order chi connectivity index (χ1) is 14.2. The molecule has 0 radical (unpaired) electrons. The molecule has 0 aliphatic carbocycles. The van der Waals surface area contributed by atoms with Crippen molar-refractivity contribution in [3.05, 3.63) is 53.6 Å². The van der Waals surface area contributed by atoms with Gasteiger partial charge in [0.15, 0.2) is 0 Å². The molecule has 0 spiro atoms. The Kier molecular flexibility index (Phi) is 4.37. The number of nitrogens with one attached hydrogen (secondary N) is 4. The Morgan fingerprint density at radius 2 is 2.00 bits per heavy atom. The normalized spacial score (nSPS) is 18.3. The van der Waals surface area contributed by atoms with Crippen LogP contribution in [0.2, 0.25) is 0 Å². The maximum absolute atomic E-state index is 12.7. The first kappa shape index (κ1) is 17.6. The number of carbonyl (C=O) groups is 2. The molecular formula is C22H21N5O2. The van der Waals surface area contributed by atoms with Gasteiger partial charge in [0.25, 0.3) is 5.91 Å². The average Bonchev–Trinajstić information content (AvgIpc) is 3.03. The van der Waals surface area contributed by atoms with E-state index in [0.29, 0.717) is 11.3 Å². The molecule has 0 saturated carbocycles. The van der Waals surface area contributed by atoms with Gasteiger partial charge < -0.3 is 15.6 Å². The lowest BCUT2D eigenvalue weighted by atomic mass is 10.0. The second-order valence-electron chi connectivity index (χ2n) is 7.42. The molecule has 2 amide bonds. The van der Waals surface area contributed by atoms with Crippen LogP contribution in [0.1, 0.15) is 35.2 Å². The molecule has 2 aliphatic heterocycles. The van der Waals surface area contributed by atoms with Crippen molar-refractivity contribution < 1.29 is 9.59 Å². The predicted molar refractivity (Wildman–Crippen MR) is 113 cm³/mol. The number of carbonyl (C=O) groups excluding carboxylic acids is 2. The van der Waals surface area contributed by atoms with Crippen LogP contribution in [0.15, 0.2) is 47.6 Å². The van der Waals surface area contributed by atoms with Crippen molar-refractivity contribution in [1.82, 2.24) is 15.7 Å². The van der Waals surface area contributed by atoms with E-state index in [9.17, 15) is 9.59 Å². The SMILES string of the molecule is O=C1NN=Cc2c(-c3ccccc3)[nH]c3cc(NC(=O)C4CCCCN4)cc1c23. The third-order valence-electron chi connectivity index (χ3n) is 5.50. The van der Waals surface area contributed by atoms with Crippen LogP contribution in [0.5, 0.6) is 0 Å². The van der Waals surface area contributed by atoms with Crippen LogP contribution in [0.4, 0.5) is 5.69 Å². The molecule has 1 fully saturated rings. The zero-order valence-electron chi connectivity index (χ0n) is 15.8. The molecule has 4 N–H and O–H groups in total. The summed E-state index contributed by atoms with van der Waals surface area (Å²) in [5.74, 6) is -0.368. The lowest BCUT2D eigenvalue weighted by Crippen LogP contribution is -2.43. The lowest BCUT2D eigenvalue weighted by molar-refractivity contribution is -0.118. The van der Waals surface area contributed by atoms with Crippen molar-refractivity contribution in [2.24, 2.45) is 5.10 Å². The number of benzene rings is 2. The van der Waals surface area contributed by atoms with Crippen LogP contribution in [-0.4, -0.2) is 35.6 Å². The van der Waals surface area contributed by atoms with E-state index in [1.54, 1.807) is 12.3 Å². The second kappa shape index (κ2) is 7.18. The number of anilines is 1. The van der Waals surface area contributed by atoms with E-state index in [4.69, 9.17) is 0 Å². The molecule has 7 nitrogen and oxygen atoms in total. The highest BCUT2D eigenvalue weighted by atomic mass is 16.2. The summed E-state index contributed by atoms with van der Waals surface area (Å²) in [4.78, 5) is 28.7. The van der Waals surface area contributed by atoms with Gasteiger partial charge in [0.2, 0.25) is 5.91 Å². The van der Waals surface area contributed by atoms with Crippen molar-refractivity contribution in [2.75, 3.05) is 11.9 Å². The van der Waals surface area contributed by atoms with Crippen molar-refractivity contribution in [3.8, 4) is 11.3 Å². The summed E-state index contributed by atoms with van der Waals surface area (Å²) < 4.78 is 0. The van der Waals surface area contributed by atoms with E-state index in [1.165, 1.54) is 0 Å². The summed E-state index contributed by atoms with van der Waals surface area (Å²) >= 11 is 0. The van der Waals surface area contributed by atoms with Crippen LogP contribution < -0.4 is 16.1 Å². The largest absolute Gasteiger partial charge is 0.354 e. The molecule has 3 aromatic rings. The number of hydrogen-bond donors (Lipinski definition) is 4. The molecule has 1 aromatic heterocycles. The van der Waals surface area contributed by atoms with Crippen molar-refractivity contribution >= 4 is 34.6 Å². The topological polar surface area (TPSA) is 98.4 Å². The van der Waals surface area contributed by atoms with E-state index >= 15 is 0 Å². The van der Waals surface area contributed by atoms with Gasteiger partial charge in [-0.15, -0.1) is 0 Å². The number of nitrogens with zero attached hydrogens (tertiary/aromatic N) is 1. The van der Waals surface area contributed by atoms with Gasteiger partial charge in [-0.3, -0.25) is 9.59 Å². The molecule has 2 aliphatic rings. The minimum atomic E-state index is -0.296. The Morgan fingerprint density at radius 3 is 2.79 bits per heavy atom. The zero-order chi connectivity index (χ0) is 19.8. The maximum atomic E-state index is 12.7. The van der Waals surface area contributed by atoms with E-state index in [-0.39, 0.29) is 17.9 Å². The highest BCUT2D eigenvalue weighted by Gasteiger charge is 2.24. The average molecular weight is 387 g/mol. The Morgan fingerprint density at radius 1 is 1.14 bits per heavy atom. The summed E-state index contributed by atoms with van der Waals surface area (Å²) in [7, 11) is 0. The Hall–Kier alpha value is -3.45. The fraction of sp³-hybridized carbons (Fsp3) is 0.227. The van der Waals surface area contributed by atoms with Crippen LogP contribution >= 0.6 is 0 Å². The third-order valence-corrected chi connectivity index (χ3v) is 5.50.